The quantitative estimate of drug-likeness (QED) is 0.278. The first-order chi connectivity index (χ1) is 17.6. The molecule has 1 aromatic rings. The van der Waals surface area contributed by atoms with Crippen molar-refractivity contribution in [1.29, 1.82) is 0 Å². The monoisotopic (exact) mass is 531 g/mol. The molecule has 0 aliphatic rings. The fourth-order valence-electron chi connectivity index (χ4n) is 4.30. The molecular weight excluding hydrogens is 478 g/mol. The minimum absolute atomic E-state index is 0.151. The molecule has 2 N–H and O–H groups in total. The van der Waals surface area contributed by atoms with Gasteiger partial charge in [0.2, 0.25) is 11.8 Å². The van der Waals surface area contributed by atoms with Gasteiger partial charge in [0.15, 0.2) is 0 Å². The van der Waals surface area contributed by atoms with E-state index in [0.717, 1.165) is 43.2 Å². The molecular formula is C31H53N3O4. The second kappa shape index (κ2) is 15.1. The molecule has 0 aromatic heterocycles. The number of hydrogen-bond acceptors (Lipinski definition) is 4. The zero-order valence-corrected chi connectivity index (χ0v) is 25.6. The third kappa shape index (κ3) is 11.9. The fourth-order valence-corrected chi connectivity index (χ4v) is 4.30. The van der Waals surface area contributed by atoms with Crippen LogP contribution in [0.2, 0.25) is 0 Å². The third-order valence-corrected chi connectivity index (χ3v) is 6.35. The van der Waals surface area contributed by atoms with E-state index in [1.807, 2.05) is 65.8 Å². The minimum Gasteiger partial charge on any atom is -0.444 e. The second-order valence-corrected chi connectivity index (χ2v) is 12.5. The summed E-state index contributed by atoms with van der Waals surface area (Å²) >= 11 is 0. The number of amides is 3. The van der Waals surface area contributed by atoms with Gasteiger partial charge in [-0.2, -0.15) is 0 Å². The first kappa shape index (κ1) is 33.5. The van der Waals surface area contributed by atoms with Crippen molar-refractivity contribution < 1.29 is 19.1 Å². The van der Waals surface area contributed by atoms with Crippen LogP contribution in [-0.4, -0.2) is 46.5 Å². The second-order valence-electron chi connectivity index (χ2n) is 12.5. The Labute approximate surface area is 231 Å². The molecule has 0 radical (unpaired) electrons. The minimum atomic E-state index is -0.820. The molecule has 1 aromatic carbocycles. The lowest BCUT2D eigenvalue weighted by molar-refractivity contribution is -0.144. The summed E-state index contributed by atoms with van der Waals surface area (Å²) in [4.78, 5) is 42.6. The smallest absolute Gasteiger partial charge is 0.408 e. The van der Waals surface area contributed by atoms with Gasteiger partial charge in [-0.3, -0.25) is 9.59 Å². The molecule has 216 valence electrons. The van der Waals surface area contributed by atoms with E-state index < -0.39 is 29.3 Å². The number of unbranched alkanes of at least 4 members (excludes halogenated alkanes) is 4. The van der Waals surface area contributed by atoms with Gasteiger partial charge in [-0.15, -0.1) is 0 Å². The first-order valence-electron chi connectivity index (χ1n) is 14.3. The SMILES string of the molecule is CCCCCCCN(C(=O)C(NC(=O)OC(C)(C)C)C(C)CC)C(C(=O)NC(C)(C)C)c1cccc(C)c1. The van der Waals surface area contributed by atoms with Crippen molar-refractivity contribution in [3.05, 3.63) is 35.4 Å². The number of alkyl carbamates (subject to hydrolysis) is 1. The van der Waals surface area contributed by atoms with Crippen molar-refractivity contribution in [2.24, 2.45) is 5.92 Å². The first-order valence-corrected chi connectivity index (χ1v) is 14.3. The Morgan fingerprint density at radius 3 is 2.13 bits per heavy atom. The standard InChI is InChI=1S/C31H53N3O4/c1-11-13-14-15-16-20-34(28(36)25(23(4)12-2)32-29(37)38-31(8,9)10)26(27(35)33-30(5,6)7)24-19-17-18-22(3)21-24/h17-19,21,23,25-26H,11-16,20H2,1-10H3,(H,32,37)(H,33,35). The van der Waals surface area contributed by atoms with E-state index in [2.05, 4.69) is 17.6 Å². The van der Waals surface area contributed by atoms with Gasteiger partial charge in [-0.05, 0) is 66.4 Å². The molecule has 38 heavy (non-hydrogen) atoms. The summed E-state index contributed by atoms with van der Waals surface area (Å²) in [6.45, 7) is 19.7. The number of aryl methyl sites for hydroxylation is 1. The molecule has 0 aliphatic heterocycles. The van der Waals surface area contributed by atoms with E-state index in [4.69, 9.17) is 4.74 Å². The van der Waals surface area contributed by atoms with Gasteiger partial charge in [-0.25, -0.2) is 4.79 Å². The Bertz CT molecular complexity index is 901. The number of carbonyl (C=O) groups excluding carboxylic acids is 3. The van der Waals surface area contributed by atoms with Crippen molar-refractivity contribution in [1.82, 2.24) is 15.5 Å². The van der Waals surface area contributed by atoms with Crippen LogP contribution < -0.4 is 10.6 Å². The van der Waals surface area contributed by atoms with Crippen LogP contribution >= 0.6 is 0 Å². The zero-order chi connectivity index (χ0) is 29.1. The lowest BCUT2D eigenvalue weighted by atomic mass is 9.94. The van der Waals surface area contributed by atoms with E-state index in [0.29, 0.717) is 13.0 Å². The van der Waals surface area contributed by atoms with E-state index in [-0.39, 0.29) is 17.7 Å². The van der Waals surface area contributed by atoms with Gasteiger partial charge in [0.05, 0.1) is 0 Å². The lowest BCUT2D eigenvalue weighted by Crippen LogP contribution is -2.56. The van der Waals surface area contributed by atoms with Gasteiger partial charge < -0.3 is 20.3 Å². The average molecular weight is 532 g/mol. The maximum absolute atomic E-state index is 14.3. The number of rotatable bonds is 13. The van der Waals surface area contributed by atoms with Gasteiger partial charge in [0, 0.05) is 12.1 Å². The fraction of sp³-hybridized carbons (Fsp3) is 0.710. The molecule has 7 heteroatoms. The number of nitrogens with zero attached hydrogens (tertiary/aromatic N) is 1. The summed E-state index contributed by atoms with van der Waals surface area (Å²) in [6.07, 6.45) is 5.12. The topological polar surface area (TPSA) is 87.7 Å². The van der Waals surface area contributed by atoms with Crippen LogP contribution in [-0.2, 0) is 14.3 Å². The molecule has 0 saturated heterocycles. The van der Waals surface area contributed by atoms with Crippen LogP contribution in [0.3, 0.4) is 0 Å². The van der Waals surface area contributed by atoms with E-state index >= 15 is 0 Å². The van der Waals surface area contributed by atoms with Crippen LogP contribution in [0.15, 0.2) is 24.3 Å². The van der Waals surface area contributed by atoms with Crippen LogP contribution in [0, 0.1) is 12.8 Å². The highest BCUT2D eigenvalue weighted by Gasteiger charge is 2.38. The molecule has 7 nitrogen and oxygen atoms in total. The molecule has 0 heterocycles. The maximum atomic E-state index is 14.3. The van der Waals surface area contributed by atoms with Crippen molar-refractivity contribution in [3.8, 4) is 0 Å². The summed E-state index contributed by atoms with van der Waals surface area (Å²) < 4.78 is 5.49. The van der Waals surface area contributed by atoms with Crippen molar-refractivity contribution in [2.75, 3.05) is 6.54 Å². The van der Waals surface area contributed by atoms with Crippen LogP contribution in [0.4, 0.5) is 4.79 Å². The average Bonchev–Trinajstić information content (AvgIpc) is 2.78. The highest BCUT2D eigenvalue weighted by molar-refractivity contribution is 5.92. The van der Waals surface area contributed by atoms with Crippen molar-refractivity contribution in [3.63, 3.8) is 0 Å². The third-order valence-electron chi connectivity index (χ3n) is 6.35. The summed E-state index contributed by atoms with van der Waals surface area (Å²) in [5.41, 5.74) is 0.605. The Morgan fingerprint density at radius 1 is 0.974 bits per heavy atom. The molecule has 0 spiro atoms. The maximum Gasteiger partial charge on any atom is 0.408 e. The summed E-state index contributed by atoms with van der Waals surface area (Å²) in [5.74, 6) is -0.650. The summed E-state index contributed by atoms with van der Waals surface area (Å²) in [6, 6.07) is 6.11. The summed E-state index contributed by atoms with van der Waals surface area (Å²) in [5, 5.41) is 5.93. The van der Waals surface area contributed by atoms with Gasteiger partial charge in [-0.1, -0.05) is 82.7 Å². The Balaban J connectivity index is 3.53. The Morgan fingerprint density at radius 2 is 1.61 bits per heavy atom. The van der Waals surface area contributed by atoms with Gasteiger partial charge >= 0.3 is 6.09 Å². The molecule has 3 atom stereocenters. The van der Waals surface area contributed by atoms with Gasteiger partial charge in [0.1, 0.15) is 17.7 Å². The highest BCUT2D eigenvalue weighted by atomic mass is 16.6. The van der Waals surface area contributed by atoms with E-state index in [9.17, 15) is 14.4 Å². The molecule has 3 amide bonds. The van der Waals surface area contributed by atoms with Crippen molar-refractivity contribution >= 4 is 17.9 Å². The van der Waals surface area contributed by atoms with E-state index in [1.54, 1.807) is 25.7 Å². The number of benzene rings is 1. The van der Waals surface area contributed by atoms with E-state index in [1.165, 1.54) is 0 Å². The number of ether oxygens (including phenoxy) is 1. The molecule has 0 aliphatic carbocycles. The molecule has 3 unspecified atom stereocenters. The predicted octanol–water partition coefficient (Wildman–Crippen LogP) is 6.69. The molecule has 0 fully saturated rings. The lowest BCUT2D eigenvalue weighted by Gasteiger charge is -2.37. The van der Waals surface area contributed by atoms with Crippen LogP contribution in [0.25, 0.3) is 0 Å². The Kier molecular flexibility index (Phi) is 13.3. The van der Waals surface area contributed by atoms with Crippen molar-refractivity contribution in [2.45, 2.75) is 131 Å². The summed E-state index contributed by atoms with van der Waals surface area (Å²) in [7, 11) is 0. The highest BCUT2D eigenvalue weighted by Crippen LogP contribution is 2.27. The zero-order valence-electron chi connectivity index (χ0n) is 25.6. The number of nitrogens with one attached hydrogen (secondary N) is 2. The molecule has 0 saturated carbocycles. The number of hydrogen-bond donors (Lipinski definition) is 2. The van der Waals surface area contributed by atoms with Gasteiger partial charge in [0.25, 0.3) is 0 Å². The largest absolute Gasteiger partial charge is 0.444 e. The van der Waals surface area contributed by atoms with Crippen LogP contribution in [0.1, 0.15) is 118 Å². The Hall–Kier alpha value is -2.57. The molecule has 1 rings (SSSR count). The molecule has 0 bridgehead atoms. The van der Waals surface area contributed by atoms with Crippen LogP contribution in [0.5, 0.6) is 0 Å². The number of carbonyl (C=O) groups is 3. The predicted molar refractivity (Wildman–Crippen MR) is 155 cm³/mol. The normalized spacial score (nSPS) is 14.3.